The second-order valence-electron chi connectivity index (χ2n) is 4.32. The monoisotopic (exact) mass is 400 g/mol. The van der Waals surface area contributed by atoms with Gasteiger partial charge in [0.2, 0.25) is 0 Å². The summed E-state index contributed by atoms with van der Waals surface area (Å²) in [5.74, 6) is 1.20. The highest BCUT2D eigenvalue weighted by molar-refractivity contribution is 14.1. The van der Waals surface area contributed by atoms with E-state index in [4.69, 9.17) is 21.1 Å². The average Bonchev–Trinajstić information content (AvgIpc) is 2.49. The lowest BCUT2D eigenvalue weighted by atomic mass is 10.0. The Labute approximate surface area is 135 Å². The Kier molecular flexibility index (Phi) is 3.85. The van der Waals surface area contributed by atoms with E-state index in [9.17, 15) is 4.79 Å². The second-order valence-corrected chi connectivity index (χ2v) is 5.89. The van der Waals surface area contributed by atoms with Crippen LogP contribution in [0.4, 0.5) is 0 Å². The van der Waals surface area contributed by atoms with Gasteiger partial charge in [-0.2, -0.15) is 0 Å². The van der Waals surface area contributed by atoms with Crippen LogP contribution in [0.5, 0.6) is 11.5 Å². The zero-order valence-corrected chi connectivity index (χ0v) is 13.3. The van der Waals surface area contributed by atoms with E-state index in [1.807, 2.05) is 6.07 Å². The van der Waals surface area contributed by atoms with Crippen molar-refractivity contribution in [2.75, 3.05) is 13.2 Å². The lowest BCUT2D eigenvalue weighted by Gasteiger charge is -2.18. The molecule has 3 rings (SSSR count). The van der Waals surface area contributed by atoms with Crippen LogP contribution in [-0.2, 0) is 0 Å². The van der Waals surface area contributed by atoms with E-state index in [0.29, 0.717) is 40.9 Å². The number of fused-ring (bicyclic) bond motifs is 1. The summed E-state index contributed by atoms with van der Waals surface area (Å²) >= 11 is 8.18. The number of carbonyl (C=O) groups is 1. The van der Waals surface area contributed by atoms with Gasteiger partial charge in [0.1, 0.15) is 13.2 Å². The van der Waals surface area contributed by atoms with Gasteiger partial charge in [-0.3, -0.25) is 4.79 Å². The molecule has 0 saturated carbocycles. The summed E-state index contributed by atoms with van der Waals surface area (Å²) in [5.41, 5.74) is 1.12. The molecule has 2 aromatic rings. The molecule has 3 nitrogen and oxygen atoms in total. The van der Waals surface area contributed by atoms with E-state index >= 15 is 0 Å². The Hall–Kier alpha value is -1.27. The van der Waals surface area contributed by atoms with Gasteiger partial charge in [-0.25, -0.2) is 0 Å². The van der Waals surface area contributed by atoms with Crippen molar-refractivity contribution in [2.45, 2.75) is 0 Å². The van der Waals surface area contributed by atoms with Gasteiger partial charge >= 0.3 is 0 Å². The van der Waals surface area contributed by atoms with Crippen molar-refractivity contribution in [3.05, 3.63) is 56.1 Å². The number of benzene rings is 2. The highest BCUT2D eigenvalue weighted by Crippen LogP contribution is 2.31. The molecule has 0 aromatic heterocycles. The molecule has 102 valence electrons. The zero-order valence-electron chi connectivity index (χ0n) is 10.4. The van der Waals surface area contributed by atoms with Crippen LogP contribution < -0.4 is 9.47 Å². The maximum Gasteiger partial charge on any atom is 0.193 e. The highest BCUT2D eigenvalue weighted by Gasteiger charge is 2.16. The minimum Gasteiger partial charge on any atom is -0.486 e. The normalized spacial score (nSPS) is 13.1. The third-order valence-electron chi connectivity index (χ3n) is 2.99. The van der Waals surface area contributed by atoms with Crippen molar-refractivity contribution in [2.24, 2.45) is 0 Å². The van der Waals surface area contributed by atoms with Crippen LogP contribution in [0.1, 0.15) is 15.9 Å². The number of rotatable bonds is 2. The SMILES string of the molecule is O=C(c1ccc(I)c(Cl)c1)c1ccc2c(c1)OCCO2. The van der Waals surface area contributed by atoms with Gasteiger partial charge < -0.3 is 9.47 Å². The van der Waals surface area contributed by atoms with Crippen LogP contribution in [0.2, 0.25) is 5.02 Å². The second kappa shape index (κ2) is 5.61. The topological polar surface area (TPSA) is 35.5 Å². The molecule has 1 aliphatic heterocycles. The molecular formula is C15H10ClIO3. The number of ether oxygens (including phenoxy) is 2. The summed E-state index contributed by atoms with van der Waals surface area (Å²) in [6, 6.07) is 10.5. The largest absolute Gasteiger partial charge is 0.486 e. The van der Waals surface area contributed by atoms with E-state index in [1.54, 1.807) is 30.3 Å². The van der Waals surface area contributed by atoms with Crippen molar-refractivity contribution in [3.63, 3.8) is 0 Å². The molecule has 20 heavy (non-hydrogen) atoms. The van der Waals surface area contributed by atoms with Gasteiger partial charge in [0, 0.05) is 14.7 Å². The minimum atomic E-state index is -0.0831. The molecule has 5 heteroatoms. The Morgan fingerprint density at radius 1 is 1.00 bits per heavy atom. The quantitative estimate of drug-likeness (QED) is 0.566. The van der Waals surface area contributed by atoms with Crippen LogP contribution in [0.15, 0.2) is 36.4 Å². The summed E-state index contributed by atoms with van der Waals surface area (Å²) in [6.07, 6.45) is 0. The molecule has 0 aliphatic carbocycles. The van der Waals surface area contributed by atoms with Crippen molar-refractivity contribution in [1.29, 1.82) is 0 Å². The van der Waals surface area contributed by atoms with Gasteiger partial charge in [0.25, 0.3) is 0 Å². The van der Waals surface area contributed by atoms with Crippen LogP contribution in [0.3, 0.4) is 0 Å². The fourth-order valence-corrected chi connectivity index (χ4v) is 2.50. The summed E-state index contributed by atoms with van der Waals surface area (Å²) in [4.78, 5) is 12.4. The first kappa shape index (κ1) is 13.7. The van der Waals surface area contributed by atoms with Gasteiger partial charge in [-0.15, -0.1) is 0 Å². The Balaban J connectivity index is 1.95. The fourth-order valence-electron chi connectivity index (χ4n) is 1.99. The molecular weight excluding hydrogens is 391 g/mol. The fraction of sp³-hybridized carbons (Fsp3) is 0.133. The summed E-state index contributed by atoms with van der Waals surface area (Å²) in [5, 5.41) is 0.578. The molecule has 0 amide bonds. The molecule has 0 radical (unpaired) electrons. The van der Waals surface area contributed by atoms with Crippen LogP contribution in [-0.4, -0.2) is 19.0 Å². The molecule has 0 unspecified atom stereocenters. The minimum absolute atomic E-state index is 0.0831. The lowest BCUT2D eigenvalue weighted by molar-refractivity contribution is 0.103. The molecule has 2 aromatic carbocycles. The highest BCUT2D eigenvalue weighted by atomic mass is 127. The first-order chi connectivity index (χ1) is 9.65. The standard InChI is InChI=1S/C15H10ClIO3/c16-11-7-9(1-3-12(11)17)15(18)10-2-4-13-14(8-10)20-6-5-19-13/h1-4,7-8H,5-6H2. The maximum atomic E-state index is 12.4. The van der Waals surface area contributed by atoms with Crippen molar-refractivity contribution in [3.8, 4) is 11.5 Å². The van der Waals surface area contributed by atoms with Crippen molar-refractivity contribution in [1.82, 2.24) is 0 Å². The first-order valence-electron chi connectivity index (χ1n) is 6.04. The van der Waals surface area contributed by atoms with Crippen LogP contribution >= 0.6 is 34.2 Å². The summed E-state index contributed by atoms with van der Waals surface area (Å²) in [6.45, 7) is 1.03. The first-order valence-corrected chi connectivity index (χ1v) is 7.50. The Morgan fingerprint density at radius 3 is 2.40 bits per heavy atom. The Morgan fingerprint density at radius 2 is 1.65 bits per heavy atom. The zero-order chi connectivity index (χ0) is 14.1. The average molecular weight is 401 g/mol. The molecule has 1 aliphatic rings. The van der Waals surface area contributed by atoms with E-state index in [0.717, 1.165) is 3.57 Å². The molecule has 0 atom stereocenters. The predicted octanol–water partition coefficient (Wildman–Crippen LogP) is 3.95. The molecule has 0 bridgehead atoms. The van der Waals surface area contributed by atoms with Crippen LogP contribution in [0, 0.1) is 3.57 Å². The summed E-state index contributed by atoms with van der Waals surface area (Å²) < 4.78 is 11.8. The molecule has 0 N–H and O–H groups in total. The van der Waals surface area contributed by atoms with E-state index in [2.05, 4.69) is 22.6 Å². The Bertz CT molecular complexity index is 685. The van der Waals surface area contributed by atoms with Crippen LogP contribution in [0.25, 0.3) is 0 Å². The smallest absolute Gasteiger partial charge is 0.193 e. The lowest BCUT2D eigenvalue weighted by Crippen LogP contribution is -2.15. The van der Waals surface area contributed by atoms with Gasteiger partial charge in [-0.05, 0) is 59.0 Å². The summed E-state index contributed by atoms with van der Waals surface area (Å²) in [7, 11) is 0. The number of carbonyl (C=O) groups excluding carboxylic acids is 1. The number of halogens is 2. The molecule has 0 spiro atoms. The van der Waals surface area contributed by atoms with Crippen molar-refractivity contribution >= 4 is 40.0 Å². The van der Waals surface area contributed by atoms with E-state index in [1.165, 1.54) is 0 Å². The van der Waals surface area contributed by atoms with Gasteiger partial charge in [0.05, 0.1) is 5.02 Å². The third kappa shape index (κ3) is 2.62. The maximum absolute atomic E-state index is 12.4. The van der Waals surface area contributed by atoms with E-state index in [-0.39, 0.29) is 5.78 Å². The third-order valence-corrected chi connectivity index (χ3v) is 4.56. The number of ketones is 1. The van der Waals surface area contributed by atoms with Gasteiger partial charge in [0.15, 0.2) is 17.3 Å². The molecule has 1 heterocycles. The predicted molar refractivity (Wildman–Crippen MR) is 85.0 cm³/mol. The molecule has 0 fully saturated rings. The van der Waals surface area contributed by atoms with Gasteiger partial charge in [-0.1, -0.05) is 11.6 Å². The number of hydrogen-bond acceptors (Lipinski definition) is 3. The van der Waals surface area contributed by atoms with E-state index < -0.39 is 0 Å². The number of hydrogen-bond donors (Lipinski definition) is 0. The molecule has 0 saturated heterocycles. The van der Waals surface area contributed by atoms with Crippen molar-refractivity contribution < 1.29 is 14.3 Å².